The fraction of sp³-hybridized carbons (Fsp3) is 0.857. The summed E-state index contributed by atoms with van der Waals surface area (Å²) in [5, 5.41) is 9.01. The number of hydrogen-bond acceptors (Lipinski definition) is 2. The molecule has 52 valence electrons. The lowest BCUT2D eigenvalue weighted by molar-refractivity contribution is -0.112. The molecule has 1 N–H and O–H groups in total. The molecule has 9 heavy (non-hydrogen) atoms. The first-order chi connectivity index (χ1) is 4.33. The molecule has 0 radical (unpaired) electrons. The van der Waals surface area contributed by atoms with E-state index in [4.69, 9.17) is 5.11 Å². The van der Waals surface area contributed by atoms with Gasteiger partial charge in [0.2, 0.25) is 0 Å². The lowest BCUT2D eigenvalue weighted by atomic mass is 9.89. The fourth-order valence-electron chi connectivity index (χ4n) is 1.24. The zero-order valence-corrected chi connectivity index (χ0v) is 5.42. The SMILES string of the molecule is O=CC1CCC(O)CC1. The number of aliphatic hydroxyl groups is 1. The van der Waals surface area contributed by atoms with Gasteiger partial charge >= 0.3 is 0 Å². The standard InChI is InChI=1S/C7H12O2/c8-5-6-1-3-7(9)4-2-6/h5-7,9H,1-4H2. The van der Waals surface area contributed by atoms with E-state index < -0.39 is 0 Å². The molecule has 1 saturated carbocycles. The summed E-state index contributed by atoms with van der Waals surface area (Å²) >= 11 is 0. The Hall–Kier alpha value is -0.370. The summed E-state index contributed by atoms with van der Waals surface area (Å²) in [7, 11) is 0. The van der Waals surface area contributed by atoms with E-state index in [1.54, 1.807) is 0 Å². The highest BCUT2D eigenvalue weighted by molar-refractivity contribution is 5.53. The van der Waals surface area contributed by atoms with Crippen LogP contribution in [0.3, 0.4) is 0 Å². The van der Waals surface area contributed by atoms with Gasteiger partial charge in [0.05, 0.1) is 6.10 Å². The Morgan fingerprint density at radius 3 is 2.22 bits per heavy atom. The fourth-order valence-corrected chi connectivity index (χ4v) is 1.24. The third kappa shape index (κ3) is 1.79. The third-order valence-electron chi connectivity index (χ3n) is 1.93. The van der Waals surface area contributed by atoms with E-state index in [0.717, 1.165) is 32.0 Å². The molecule has 0 unspecified atom stereocenters. The Morgan fingerprint density at radius 1 is 1.22 bits per heavy atom. The molecule has 0 atom stereocenters. The van der Waals surface area contributed by atoms with E-state index in [1.807, 2.05) is 0 Å². The number of carbonyl (C=O) groups is 1. The average molecular weight is 128 g/mol. The van der Waals surface area contributed by atoms with Crippen molar-refractivity contribution in [2.24, 2.45) is 5.92 Å². The number of carbonyl (C=O) groups excluding carboxylic acids is 1. The van der Waals surface area contributed by atoms with Crippen LogP contribution in [0, 0.1) is 5.92 Å². The lowest BCUT2D eigenvalue weighted by Gasteiger charge is -2.20. The van der Waals surface area contributed by atoms with Crippen molar-refractivity contribution in [3.8, 4) is 0 Å². The smallest absolute Gasteiger partial charge is 0.123 e. The third-order valence-corrected chi connectivity index (χ3v) is 1.93. The molecule has 0 heterocycles. The first kappa shape index (κ1) is 6.75. The molecule has 0 aliphatic heterocycles. The Bertz CT molecular complexity index is 93.1. The quantitative estimate of drug-likeness (QED) is 0.529. The predicted octanol–water partition coefficient (Wildman–Crippen LogP) is 0.736. The van der Waals surface area contributed by atoms with Crippen LogP contribution in [0.25, 0.3) is 0 Å². The highest BCUT2D eigenvalue weighted by Gasteiger charge is 2.17. The molecule has 0 amide bonds. The van der Waals surface area contributed by atoms with Crippen LogP contribution in [0.4, 0.5) is 0 Å². The van der Waals surface area contributed by atoms with Crippen molar-refractivity contribution in [1.29, 1.82) is 0 Å². The second-order valence-electron chi connectivity index (χ2n) is 2.70. The highest BCUT2D eigenvalue weighted by Crippen LogP contribution is 2.21. The summed E-state index contributed by atoms with van der Waals surface area (Å²) in [6.07, 6.45) is 4.25. The molecule has 0 aromatic rings. The summed E-state index contributed by atoms with van der Waals surface area (Å²) in [5.74, 6) is 0.230. The van der Waals surface area contributed by atoms with Crippen LogP contribution in [-0.4, -0.2) is 17.5 Å². The number of rotatable bonds is 1. The molecule has 0 aromatic carbocycles. The van der Waals surface area contributed by atoms with Crippen LogP contribution < -0.4 is 0 Å². The molecule has 1 aliphatic rings. The van der Waals surface area contributed by atoms with Crippen molar-refractivity contribution in [2.75, 3.05) is 0 Å². The predicted molar refractivity (Wildman–Crippen MR) is 34.0 cm³/mol. The summed E-state index contributed by atoms with van der Waals surface area (Å²) in [5.41, 5.74) is 0. The van der Waals surface area contributed by atoms with Gasteiger partial charge in [0.15, 0.2) is 0 Å². The number of aliphatic hydroxyl groups excluding tert-OH is 1. The first-order valence-corrected chi connectivity index (χ1v) is 3.46. The topological polar surface area (TPSA) is 37.3 Å². The monoisotopic (exact) mass is 128 g/mol. The molecule has 1 aliphatic carbocycles. The molecular formula is C7H12O2. The van der Waals surface area contributed by atoms with Crippen LogP contribution in [-0.2, 0) is 4.79 Å². The van der Waals surface area contributed by atoms with Gasteiger partial charge in [0.1, 0.15) is 6.29 Å². The first-order valence-electron chi connectivity index (χ1n) is 3.46. The Balaban J connectivity index is 2.26. The van der Waals surface area contributed by atoms with Gasteiger partial charge in [-0.15, -0.1) is 0 Å². The van der Waals surface area contributed by atoms with Crippen molar-refractivity contribution in [3.05, 3.63) is 0 Å². The Morgan fingerprint density at radius 2 is 1.78 bits per heavy atom. The maximum Gasteiger partial charge on any atom is 0.123 e. The van der Waals surface area contributed by atoms with Gasteiger partial charge in [-0.05, 0) is 25.7 Å². The molecule has 2 heteroatoms. The van der Waals surface area contributed by atoms with E-state index in [2.05, 4.69) is 0 Å². The summed E-state index contributed by atoms with van der Waals surface area (Å²) in [4.78, 5) is 10.2. The zero-order chi connectivity index (χ0) is 6.69. The largest absolute Gasteiger partial charge is 0.393 e. The van der Waals surface area contributed by atoms with Crippen molar-refractivity contribution in [3.63, 3.8) is 0 Å². The molecule has 0 saturated heterocycles. The van der Waals surface area contributed by atoms with E-state index in [-0.39, 0.29) is 12.0 Å². The van der Waals surface area contributed by atoms with Crippen molar-refractivity contribution < 1.29 is 9.90 Å². The molecule has 1 fully saturated rings. The van der Waals surface area contributed by atoms with E-state index in [9.17, 15) is 4.79 Å². The van der Waals surface area contributed by atoms with Crippen LogP contribution >= 0.6 is 0 Å². The summed E-state index contributed by atoms with van der Waals surface area (Å²) in [6.45, 7) is 0. The number of aldehydes is 1. The van der Waals surface area contributed by atoms with Gasteiger partial charge in [-0.2, -0.15) is 0 Å². The number of hydrogen-bond donors (Lipinski definition) is 1. The van der Waals surface area contributed by atoms with Gasteiger partial charge in [0, 0.05) is 5.92 Å². The lowest BCUT2D eigenvalue weighted by Crippen LogP contribution is -2.18. The summed E-state index contributed by atoms with van der Waals surface area (Å²) in [6, 6.07) is 0. The van der Waals surface area contributed by atoms with Gasteiger partial charge in [0.25, 0.3) is 0 Å². The van der Waals surface area contributed by atoms with Crippen LogP contribution in [0.15, 0.2) is 0 Å². The maximum absolute atomic E-state index is 10.2. The van der Waals surface area contributed by atoms with Crippen LogP contribution in [0.1, 0.15) is 25.7 Å². The van der Waals surface area contributed by atoms with E-state index in [1.165, 1.54) is 0 Å². The van der Waals surface area contributed by atoms with Gasteiger partial charge in [-0.25, -0.2) is 0 Å². The van der Waals surface area contributed by atoms with Gasteiger partial charge < -0.3 is 9.90 Å². The van der Waals surface area contributed by atoms with Gasteiger partial charge in [-0.3, -0.25) is 0 Å². The van der Waals surface area contributed by atoms with Crippen LogP contribution in [0.2, 0.25) is 0 Å². The Labute approximate surface area is 54.9 Å². The molecule has 0 spiro atoms. The minimum Gasteiger partial charge on any atom is -0.393 e. The minimum absolute atomic E-state index is 0.138. The van der Waals surface area contributed by atoms with Crippen molar-refractivity contribution in [2.45, 2.75) is 31.8 Å². The van der Waals surface area contributed by atoms with Crippen LogP contribution in [0.5, 0.6) is 0 Å². The molecule has 1 rings (SSSR count). The molecule has 2 nitrogen and oxygen atoms in total. The van der Waals surface area contributed by atoms with E-state index >= 15 is 0 Å². The Kier molecular flexibility index (Phi) is 2.22. The van der Waals surface area contributed by atoms with E-state index in [0.29, 0.717) is 0 Å². The normalized spacial score (nSPS) is 36.1. The van der Waals surface area contributed by atoms with Crippen molar-refractivity contribution in [1.82, 2.24) is 0 Å². The average Bonchev–Trinajstić information content (AvgIpc) is 1.90. The summed E-state index contributed by atoms with van der Waals surface area (Å²) < 4.78 is 0. The second kappa shape index (κ2) is 2.97. The van der Waals surface area contributed by atoms with Gasteiger partial charge in [-0.1, -0.05) is 0 Å². The second-order valence-corrected chi connectivity index (χ2v) is 2.70. The zero-order valence-electron chi connectivity index (χ0n) is 5.42. The molecular weight excluding hydrogens is 116 g/mol. The molecule has 0 aromatic heterocycles. The molecule has 0 bridgehead atoms. The van der Waals surface area contributed by atoms with Crippen molar-refractivity contribution >= 4 is 6.29 Å². The highest BCUT2D eigenvalue weighted by atomic mass is 16.3. The maximum atomic E-state index is 10.2. The minimum atomic E-state index is -0.138.